The standard InChI is InChI=1S/C24H32N6O3/c1-17(16-31)28-15-23(25-2)29-18-3-5-20(6-4-18)33-22-14-19(30-9-11-32-12-10-30)13-21-24(22)27-8-7-26-21/h7-8,13-15,18,20,29,31H,2-6,9-12,16H2,1H3/b23-15+,28-17?. The molecule has 1 saturated heterocycles. The first kappa shape index (κ1) is 23.1. The van der Waals surface area contributed by atoms with Crippen molar-refractivity contribution in [1.82, 2.24) is 15.3 Å². The fraction of sp³-hybridized carbons (Fsp3) is 0.500. The predicted molar refractivity (Wildman–Crippen MR) is 130 cm³/mol. The van der Waals surface area contributed by atoms with Crippen LogP contribution in [-0.2, 0) is 4.74 Å². The van der Waals surface area contributed by atoms with Crippen LogP contribution in [0.4, 0.5) is 5.69 Å². The van der Waals surface area contributed by atoms with Gasteiger partial charge in [0.05, 0.1) is 37.6 Å². The maximum atomic E-state index is 9.09. The van der Waals surface area contributed by atoms with E-state index in [0.29, 0.717) is 11.5 Å². The summed E-state index contributed by atoms with van der Waals surface area (Å²) in [5, 5.41) is 12.5. The van der Waals surface area contributed by atoms with Crippen LogP contribution < -0.4 is 15.0 Å². The van der Waals surface area contributed by atoms with Crippen molar-refractivity contribution in [3.05, 3.63) is 36.5 Å². The Labute approximate surface area is 194 Å². The van der Waals surface area contributed by atoms with Gasteiger partial charge in [-0.1, -0.05) is 0 Å². The summed E-state index contributed by atoms with van der Waals surface area (Å²) in [6.45, 7) is 8.48. The van der Waals surface area contributed by atoms with Crippen molar-refractivity contribution < 1.29 is 14.6 Å². The van der Waals surface area contributed by atoms with Crippen molar-refractivity contribution in [3.8, 4) is 5.75 Å². The Morgan fingerprint density at radius 1 is 1.24 bits per heavy atom. The van der Waals surface area contributed by atoms with E-state index in [0.717, 1.165) is 74.5 Å². The first-order valence-electron chi connectivity index (χ1n) is 11.5. The second-order valence-electron chi connectivity index (χ2n) is 8.40. The molecule has 9 nitrogen and oxygen atoms in total. The Kier molecular flexibility index (Phi) is 7.85. The summed E-state index contributed by atoms with van der Waals surface area (Å²) < 4.78 is 12.0. The molecule has 1 aromatic heterocycles. The normalized spacial score (nSPS) is 22.3. The van der Waals surface area contributed by atoms with Gasteiger partial charge < -0.3 is 24.8 Å². The number of aliphatic hydroxyl groups excluding tert-OH is 1. The second kappa shape index (κ2) is 11.2. The molecule has 0 bridgehead atoms. The van der Waals surface area contributed by atoms with Gasteiger partial charge in [0.25, 0.3) is 0 Å². The molecule has 2 aromatic rings. The van der Waals surface area contributed by atoms with Crippen LogP contribution in [0.1, 0.15) is 32.6 Å². The third-order valence-electron chi connectivity index (χ3n) is 6.03. The number of benzene rings is 1. The van der Waals surface area contributed by atoms with E-state index in [1.165, 1.54) is 0 Å². The van der Waals surface area contributed by atoms with Gasteiger partial charge in [-0.2, -0.15) is 0 Å². The molecule has 1 aliphatic carbocycles. The minimum Gasteiger partial charge on any atom is -0.488 e. The number of fused-ring (bicyclic) bond motifs is 1. The number of anilines is 1. The van der Waals surface area contributed by atoms with Crippen LogP contribution in [0.3, 0.4) is 0 Å². The number of rotatable bonds is 8. The molecule has 0 spiro atoms. The number of hydrogen-bond donors (Lipinski definition) is 2. The molecule has 2 heterocycles. The zero-order chi connectivity index (χ0) is 23.0. The summed E-state index contributed by atoms with van der Waals surface area (Å²) in [6, 6.07) is 4.46. The van der Waals surface area contributed by atoms with E-state index >= 15 is 0 Å². The zero-order valence-electron chi connectivity index (χ0n) is 19.1. The lowest BCUT2D eigenvalue weighted by molar-refractivity contribution is 0.122. The number of nitrogens with zero attached hydrogens (tertiary/aromatic N) is 5. The highest BCUT2D eigenvalue weighted by molar-refractivity contribution is 5.85. The average Bonchev–Trinajstić information content (AvgIpc) is 2.87. The molecule has 0 unspecified atom stereocenters. The number of ether oxygens (including phenoxy) is 2. The average molecular weight is 453 g/mol. The van der Waals surface area contributed by atoms with Crippen LogP contribution in [0.15, 0.2) is 46.5 Å². The van der Waals surface area contributed by atoms with Crippen LogP contribution in [0.5, 0.6) is 5.75 Å². The maximum absolute atomic E-state index is 9.09. The van der Waals surface area contributed by atoms with E-state index in [1.54, 1.807) is 25.5 Å². The first-order chi connectivity index (χ1) is 16.2. The quantitative estimate of drug-likeness (QED) is 0.594. The SMILES string of the molecule is C=N/C(=C\N=C(C)CO)NC1CCC(Oc2cc(N3CCOCC3)cc3nccnc23)CC1. The molecule has 9 heteroatoms. The van der Waals surface area contributed by atoms with E-state index in [2.05, 4.69) is 49.0 Å². The highest BCUT2D eigenvalue weighted by atomic mass is 16.5. The molecule has 0 radical (unpaired) electrons. The van der Waals surface area contributed by atoms with E-state index < -0.39 is 0 Å². The fourth-order valence-electron chi connectivity index (χ4n) is 4.17. The minimum absolute atomic E-state index is 0.0742. The summed E-state index contributed by atoms with van der Waals surface area (Å²) in [6.07, 6.45) is 8.91. The van der Waals surface area contributed by atoms with Crippen molar-refractivity contribution in [2.24, 2.45) is 9.98 Å². The van der Waals surface area contributed by atoms with Crippen LogP contribution in [-0.4, -0.2) is 72.6 Å². The van der Waals surface area contributed by atoms with Crippen molar-refractivity contribution in [2.75, 3.05) is 37.8 Å². The van der Waals surface area contributed by atoms with Gasteiger partial charge in [0.1, 0.15) is 17.1 Å². The van der Waals surface area contributed by atoms with E-state index in [4.69, 9.17) is 14.6 Å². The van der Waals surface area contributed by atoms with Gasteiger partial charge in [-0.3, -0.25) is 9.98 Å². The number of aliphatic hydroxyl groups is 1. The molecule has 2 aliphatic rings. The smallest absolute Gasteiger partial charge is 0.149 e. The maximum Gasteiger partial charge on any atom is 0.149 e. The van der Waals surface area contributed by atoms with Crippen molar-refractivity contribution in [3.63, 3.8) is 0 Å². The highest BCUT2D eigenvalue weighted by Crippen LogP contribution is 2.33. The highest BCUT2D eigenvalue weighted by Gasteiger charge is 2.24. The topological polar surface area (TPSA) is 104 Å². The molecule has 4 rings (SSSR count). The largest absolute Gasteiger partial charge is 0.488 e. The van der Waals surface area contributed by atoms with Crippen molar-refractivity contribution in [2.45, 2.75) is 44.8 Å². The number of hydrogen-bond acceptors (Lipinski definition) is 9. The Bertz CT molecular complexity index is 1010. The second-order valence-corrected chi connectivity index (χ2v) is 8.40. The third kappa shape index (κ3) is 6.06. The van der Waals surface area contributed by atoms with Crippen molar-refractivity contribution >= 4 is 29.1 Å². The molecule has 2 N–H and O–H groups in total. The summed E-state index contributed by atoms with van der Waals surface area (Å²) >= 11 is 0. The van der Waals surface area contributed by atoms with Crippen molar-refractivity contribution in [1.29, 1.82) is 0 Å². The van der Waals surface area contributed by atoms with Gasteiger partial charge in [0, 0.05) is 49.0 Å². The number of morpholine rings is 1. The Morgan fingerprint density at radius 2 is 2.00 bits per heavy atom. The predicted octanol–water partition coefficient (Wildman–Crippen LogP) is 2.70. The lowest BCUT2D eigenvalue weighted by Gasteiger charge is -2.31. The molecular weight excluding hydrogens is 420 g/mol. The van der Waals surface area contributed by atoms with Gasteiger partial charge in [0.15, 0.2) is 0 Å². The monoisotopic (exact) mass is 452 g/mol. The summed E-state index contributed by atoms with van der Waals surface area (Å²) in [5.41, 5.74) is 3.37. The number of aliphatic imine (C=N–C) groups is 2. The van der Waals surface area contributed by atoms with Gasteiger partial charge in [-0.25, -0.2) is 9.98 Å². The summed E-state index contributed by atoms with van der Waals surface area (Å²) in [7, 11) is 0. The lowest BCUT2D eigenvalue weighted by Crippen LogP contribution is -2.36. The minimum atomic E-state index is -0.0742. The third-order valence-corrected chi connectivity index (χ3v) is 6.03. The van der Waals surface area contributed by atoms with Crippen LogP contribution >= 0.6 is 0 Å². The molecule has 1 aliphatic heterocycles. The van der Waals surface area contributed by atoms with Gasteiger partial charge >= 0.3 is 0 Å². The molecule has 176 valence electrons. The Morgan fingerprint density at radius 3 is 2.73 bits per heavy atom. The molecular formula is C24H32N6O3. The summed E-state index contributed by atoms with van der Waals surface area (Å²) in [5.74, 6) is 1.41. The Hall–Kier alpha value is -3.04. The number of aromatic nitrogens is 2. The van der Waals surface area contributed by atoms with Crippen LogP contribution in [0.2, 0.25) is 0 Å². The molecule has 2 fully saturated rings. The number of nitrogens with one attached hydrogen (secondary N) is 1. The molecule has 1 aromatic carbocycles. The van der Waals surface area contributed by atoms with E-state index in [1.807, 2.05) is 0 Å². The zero-order valence-corrected chi connectivity index (χ0v) is 19.1. The van der Waals surface area contributed by atoms with Gasteiger partial charge in [0.2, 0.25) is 0 Å². The van der Waals surface area contributed by atoms with Gasteiger partial charge in [-0.15, -0.1) is 0 Å². The van der Waals surface area contributed by atoms with Gasteiger partial charge in [-0.05, 0) is 45.4 Å². The molecule has 0 atom stereocenters. The summed E-state index contributed by atoms with van der Waals surface area (Å²) in [4.78, 5) is 19.6. The van der Waals surface area contributed by atoms with Crippen LogP contribution in [0, 0.1) is 0 Å². The fourth-order valence-corrected chi connectivity index (χ4v) is 4.17. The van der Waals surface area contributed by atoms with Crippen LogP contribution in [0.25, 0.3) is 11.0 Å². The van der Waals surface area contributed by atoms with E-state index in [9.17, 15) is 0 Å². The molecule has 33 heavy (non-hydrogen) atoms. The molecule has 0 amide bonds. The first-order valence-corrected chi connectivity index (χ1v) is 11.5. The molecule has 1 saturated carbocycles. The van der Waals surface area contributed by atoms with E-state index in [-0.39, 0.29) is 18.8 Å². The lowest BCUT2D eigenvalue weighted by atomic mass is 9.93. The Balaban J connectivity index is 1.42.